The van der Waals surface area contributed by atoms with E-state index in [4.69, 9.17) is 5.26 Å². The first-order valence-corrected chi connectivity index (χ1v) is 9.58. The molecule has 0 atom stereocenters. The first-order valence-electron chi connectivity index (χ1n) is 9.58. The first-order chi connectivity index (χ1) is 14.4. The second-order valence-corrected chi connectivity index (χ2v) is 7.20. The minimum Gasteiger partial charge on any atom is -0.321 e. The van der Waals surface area contributed by atoms with E-state index < -0.39 is 5.91 Å². The van der Waals surface area contributed by atoms with Crippen molar-refractivity contribution in [3.8, 4) is 6.07 Å². The number of anilines is 2. The molecule has 0 aliphatic rings. The molecule has 3 rings (SSSR count). The van der Waals surface area contributed by atoms with Crippen LogP contribution in [0.4, 0.5) is 11.4 Å². The number of hydrogen-bond acceptors (Lipinski definition) is 4. The Kier molecular flexibility index (Phi) is 6.23. The molecule has 2 aromatic carbocycles. The number of aryl methyl sites for hydroxylation is 1. The largest absolute Gasteiger partial charge is 0.321 e. The lowest BCUT2D eigenvalue weighted by Crippen LogP contribution is -2.19. The number of carbonyl (C=O) groups is 2. The Hall–Kier alpha value is -3.98. The maximum atomic E-state index is 12.8. The van der Waals surface area contributed by atoms with E-state index in [9.17, 15) is 9.59 Å². The number of nitrogens with zero attached hydrogens (tertiary/aromatic N) is 2. The minimum atomic E-state index is -0.460. The predicted octanol–water partition coefficient (Wildman–Crippen LogP) is 4.89. The molecule has 6 heteroatoms. The number of pyridine rings is 1. The molecule has 0 saturated carbocycles. The van der Waals surface area contributed by atoms with Crippen molar-refractivity contribution in [1.82, 2.24) is 4.98 Å². The molecule has 0 unspecified atom stereocenters. The summed E-state index contributed by atoms with van der Waals surface area (Å²) in [6.45, 7) is 6.07. The number of aromatic nitrogens is 1. The summed E-state index contributed by atoms with van der Waals surface area (Å²) in [5.41, 5.74) is 3.94. The van der Waals surface area contributed by atoms with Gasteiger partial charge < -0.3 is 10.6 Å². The Labute approximate surface area is 175 Å². The van der Waals surface area contributed by atoms with Crippen LogP contribution in [-0.4, -0.2) is 16.8 Å². The number of rotatable bonds is 5. The average molecular weight is 398 g/mol. The molecule has 0 bridgehead atoms. The second-order valence-electron chi connectivity index (χ2n) is 7.20. The van der Waals surface area contributed by atoms with E-state index in [2.05, 4.69) is 29.5 Å². The quantitative estimate of drug-likeness (QED) is 0.640. The van der Waals surface area contributed by atoms with Crippen LogP contribution in [0.15, 0.2) is 60.7 Å². The van der Waals surface area contributed by atoms with Crippen LogP contribution in [0, 0.1) is 18.3 Å². The van der Waals surface area contributed by atoms with Crippen LogP contribution in [0.1, 0.15) is 57.4 Å². The third-order valence-electron chi connectivity index (χ3n) is 4.63. The van der Waals surface area contributed by atoms with Crippen molar-refractivity contribution in [3.05, 3.63) is 88.7 Å². The van der Waals surface area contributed by atoms with Crippen LogP contribution >= 0.6 is 0 Å². The van der Waals surface area contributed by atoms with Gasteiger partial charge in [-0.3, -0.25) is 9.59 Å². The number of para-hydroxylation sites is 1. The van der Waals surface area contributed by atoms with Crippen LogP contribution in [0.5, 0.6) is 0 Å². The normalized spacial score (nSPS) is 10.4. The van der Waals surface area contributed by atoms with E-state index in [-0.39, 0.29) is 23.2 Å². The summed E-state index contributed by atoms with van der Waals surface area (Å²) in [6, 6.07) is 19.2. The SMILES string of the molecule is Cc1cccc(C(C)C)c1NC(=O)c1cccc(C(=O)Nc2cccc(C#N)c2)n1. The van der Waals surface area contributed by atoms with Crippen LogP contribution in [0.3, 0.4) is 0 Å². The van der Waals surface area contributed by atoms with Gasteiger partial charge in [0.25, 0.3) is 11.8 Å². The van der Waals surface area contributed by atoms with Crippen molar-refractivity contribution in [1.29, 1.82) is 5.26 Å². The summed E-state index contributed by atoms with van der Waals surface area (Å²) in [6.07, 6.45) is 0. The van der Waals surface area contributed by atoms with E-state index in [1.54, 1.807) is 36.4 Å². The van der Waals surface area contributed by atoms with Gasteiger partial charge in [-0.2, -0.15) is 5.26 Å². The van der Waals surface area contributed by atoms with Gasteiger partial charge in [-0.1, -0.05) is 44.2 Å². The Morgan fingerprint density at radius 1 is 0.933 bits per heavy atom. The van der Waals surface area contributed by atoms with E-state index in [1.807, 2.05) is 31.2 Å². The minimum absolute atomic E-state index is 0.110. The van der Waals surface area contributed by atoms with Gasteiger partial charge >= 0.3 is 0 Å². The summed E-state index contributed by atoms with van der Waals surface area (Å²) in [5.74, 6) is -0.597. The lowest BCUT2D eigenvalue weighted by molar-refractivity contribution is 0.101. The smallest absolute Gasteiger partial charge is 0.274 e. The molecule has 150 valence electrons. The Balaban J connectivity index is 1.81. The fourth-order valence-electron chi connectivity index (χ4n) is 3.07. The molecule has 1 heterocycles. The van der Waals surface area contributed by atoms with Gasteiger partial charge in [0.2, 0.25) is 0 Å². The average Bonchev–Trinajstić information content (AvgIpc) is 2.75. The zero-order chi connectivity index (χ0) is 21.7. The van der Waals surface area contributed by atoms with Gasteiger partial charge in [-0.05, 0) is 54.3 Å². The van der Waals surface area contributed by atoms with E-state index in [0.29, 0.717) is 11.3 Å². The number of hydrogen-bond donors (Lipinski definition) is 2. The molecule has 0 radical (unpaired) electrons. The second kappa shape index (κ2) is 9.01. The third-order valence-corrected chi connectivity index (χ3v) is 4.63. The number of benzene rings is 2. The Bertz CT molecular complexity index is 1150. The van der Waals surface area contributed by atoms with Gasteiger partial charge in [0.05, 0.1) is 11.6 Å². The highest BCUT2D eigenvalue weighted by atomic mass is 16.2. The maximum Gasteiger partial charge on any atom is 0.274 e. The van der Waals surface area contributed by atoms with Crippen molar-refractivity contribution in [2.24, 2.45) is 0 Å². The molecule has 6 nitrogen and oxygen atoms in total. The first kappa shape index (κ1) is 20.7. The molecule has 0 spiro atoms. The van der Waals surface area contributed by atoms with Crippen LogP contribution in [0.25, 0.3) is 0 Å². The molecule has 30 heavy (non-hydrogen) atoms. The molecule has 0 fully saturated rings. The zero-order valence-electron chi connectivity index (χ0n) is 17.1. The van der Waals surface area contributed by atoms with E-state index >= 15 is 0 Å². The molecule has 2 amide bonds. The molecule has 1 aromatic heterocycles. The number of amides is 2. The van der Waals surface area contributed by atoms with Crippen molar-refractivity contribution >= 4 is 23.2 Å². The summed E-state index contributed by atoms with van der Waals surface area (Å²) >= 11 is 0. The molecule has 0 aliphatic heterocycles. The van der Waals surface area contributed by atoms with Crippen molar-refractivity contribution in [3.63, 3.8) is 0 Å². The molecule has 3 aromatic rings. The van der Waals surface area contributed by atoms with Crippen molar-refractivity contribution < 1.29 is 9.59 Å². The molecular weight excluding hydrogens is 376 g/mol. The van der Waals surface area contributed by atoms with E-state index in [1.165, 1.54) is 6.07 Å². The number of carbonyl (C=O) groups excluding carboxylic acids is 2. The predicted molar refractivity (Wildman–Crippen MR) is 117 cm³/mol. The van der Waals surface area contributed by atoms with Crippen molar-refractivity contribution in [2.45, 2.75) is 26.7 Å². The summed E-state index contributed by atoms with van der Waals surface area (Å²) in [4.78, 5) is 29.6. The van der Waals surface area contributed by atoms with Crippen LogP contribution in [0.2, 0.25) is 0 Å². The highest BCUT2D eigenvalue weighted by molar-refractivity contribution is 6.06. The fraction of sp³-hybridized carbons (Fsp3) is 0.167. The van der Waals surface area contributed by atoms with Gasteiger partial charge in [0.15, 0.2) is 0 Å². The summed E-state index contributed by atoms with van der Waals surface area (Å²) in [7, 11) is 0. The molecule has 2 N–H and O–H groups in total. The number of nitrogens with one attached hydrogen (secondary N) is 2. The lowest BCUT2D eigenvalue weighted by atomic mass is 9.98. The highest BCUT2D eigenvalue weighted by Crippen LogP contribution is 2.27. The monoisotopic (exact) mass is 398 g/mol. The van der Waals surface area contributed by atoms with Gasteiger partial charge in [0, 0.05) is 11.4 Å². The van der Waals surface area contributed by atoms with Gasteiger partial charge in [-0.25, -0.2) is 4.98 Å². The third kappa shape index (κ3) is 4.70. The van der Waals surface area contributed by atoms with Crippen LogP contribution < -0.4 is 10.6 Å². The number of nitriles is 1. The topological polar surface area (TPSA) is 94.9 Å². The van der Waals surface area contributed by atoms with E-state index in [0.717, 1.165) is 16.8 Å². The standard InChI is InChI=1S/C24H22N4O2/c1-15(2)19-10-4-7-16(3)22(19)28-24(30)21-12-6-11-20(27-21)23(29)26-18-9-5-8-17(13-18)14-25/h4-13,15H,1-3H3,(H,26,29)(H,28,30). The fourth-order valence-corrected chi connectivity index (χ4v) is 3.07. The molecular formula is C24H22N4O2. The molecule has 0 aliphatic carbocycles. The van der Waals surface area contributed by atoms with Crippen LogP contribution in [-0.2, 0) is 0 Å². The van der Waals surface area contributed by atoms with Gasteiger partial charge in [-0.15, -0.1) is 0 Å². The Morgan fingerprint density at radius 3 is 2.23 bits per heavy atom. The molecule has 0 saturated heterocycles. The zero-order valence-corrected chi connectivity index (χ0v) is 17.1. The highest BCUT2D eigenvalue weighted by Gasteiger charge is 2.16. The summed E-state index contributed by atoms with van der Waals surface area (Å²) < 4.78 is 0. The maximum absolute atomic E-state index is 12.8. The summed E-state index contributed by atoms with van der Waals surface area (Å²) in [5, 5.41) is 14.6. The van der Waals surface area contributed by atoms with Gasteiger partial charge in [0.1, 0.15) is 11.4 Å². The Morgan fingerprint density at radius 2 is 1.57 bits per heavy atom. The lowest BCUT2D eigenvalue weighted by Gasteiger charge is -2.16. The van der Waals surface area contributed by atoms with Crippen molar-refractivity contribution in [2.75, 3.05) is 10.6 Å².